The van der Waals surface area contributed by atoms with Crippen LogP contribution in [-0.4, -0.2) is 9.71 Å². The van der Waals surface area contributed by atoms with E-state index >= 15 is 0 Å². The molecular formula is C25H22Cl2FN3O. The Kier molecular flexibility index (Phi) is 7.74. The van der Waals surface area contributed by atoms with E-state index in [4.69, 9.17) is 33.3 Å². The van der Waals surface area contributed by atoms with E-state index in [0.29, 0.717) is 17.0 Å². The number of hydrogen-bond donors (Lipinski definition) is 0. The van der Waals surface area contributed by atoms with Crippen molar-refractivity contribution >= 4 is 34.2 Å². The Morgan fingerprint density at radius 2 is 1.81 bits per heavy atom. The molecule has 0 saturated heterocycles. The minimum absolute atomic E-state index is 0.0530. The van der Waals surface area contributed by atoms with Gasteiger partial charge in [-0.3, -0.25) is 4.98 Å². The Hall–Kier alpha value is -3.07. The van der Waals surface area contributed by atoms with Crippen LogP contribution >= 0.6 is 23.2 Å². The van der Waals surface area contributed by atoms with Gasteiger partial charge >= 0.3 is 0 Å². The maximum atomic E-state index is 13.9. The van der Waals surface area contributed by atoms with Gasteiger partial charge in [-0.2, -0.15) is 9.99 Å². The van der Waals surface area contributed by atoms with E-state index in [1.807, 2.05) is 50.2 Å². The second-order valence-corrected chi connectivity index (χ2v) is 7.59. The summed E-state index contributed by atoms with van der Waals surface area (Å²) in [6.07, 6.45) is 3.31. The van der Waals surface area contributed by atoms with Crippen molar-refractivity contribution < 1.29 is 9.23 Å². The Bertz CT molecular complexity index is 1260. The molecule has 0 aliphatic carbocycles. The minimum atomic E-state index is -0.592. The summed E-state index contributed by atoms with van der Waals surface area (Å²) in [4.78, 5) is 10.5. The number of halogens is 3. The lowest BCUT2D eigenvalue weighted by molar-refractivity contribution is 0.0562. The summed E-state index contributed by atoms with van der Waals surface area (Å²) in [7, 11) is 0. The number of benzene rings is 2. The van der Waals surface area contributed by atoms with Crippen molar-refractivity contribution in [1.82, 2.24) is 9.71 Å². The molecule has 0 N–H and O–H groups in total. The maximum Gasteiger partial charge on any atom is 0.150 e. The van der Waals surface area contributed by atoms with Gasteiger partial charge in [-0.15, -0.1) is 0 Å². The standard InChI is InChI=1S/C23H16Cl2FN3O.C2H6/c1-14(22-18(24)6-7-19(26)23(22)25)30-29-11-9-20-21(29)12-17(13-28-20)16-4-2-15(3-5-16)8-10-27;1-2/h2-7,9,11-14H,8H2,1H3;1-2H3. The molecule has 1 atom stereocenters. The zero-order chi connectivity index (χ0) is 23.3. The van der Waals surface area contributed by atoms with Gasteiger partial charge in [0.25, 0.3) is 0 Å². The summed E-state index contributed by atoms with van der Waals surface area (Å²) in [6.45, 7) is 5.75. The fraction of sp³-hybridized carbons (Fsp3) is 0.200. The lowest BCUT2D eigenvalue weighted by Gasteiger charge is -2.19. The molecule has 4 aromatic rings. The van der Waals surface area contributed by atoms with Gasteiger partial charge in [-0.25, -0.2) is 4.39 Å². The molecule has 0 fully saturated rings. The zero-order valence-electron chi connectivity index (χ0n) is 17.9. The molecule has 2 aromatic carbocycles. The highest BCUT2D eigenvalue weighted by atomic mass is 35.5. The molecule has 4 rings (SSSR count). The van der Waals surface area contributed by atoms with Gasteiger partial charge < -0.3 is 4.84 Å². The number of fused-ring (bicyclic) bond motifs is 1. The van der Waals surface area contributed by atoms with Crippen molar-refractivity contribution in [3.05, 3.63) is 87.9 Å². The third kappa shape index (κ3) is 4.88. The van der Waals surface area contributed by atoms with Gasteiger partial charge in [0.05, 0.1) is 23.0 Å². The average molecular weight is 470 g/mol. The van der Waals surface area contributed by atoms with E-state index in [0.717, 1.165) is 27.7 Å². The molecule has 2 aromatic heterocycles. The highest BCUT2D eigenvalue weighted by Crippen LogP contribution is 2.33. The number of nitrogens with zero attached hydrogens (tertiary/aromatic N) is 3. The van der Waals surface area contributed by atoms with E-state index in [1.165, 1.54) is 12.1 Å². The molecule has 0 radical (unpaired) electrons. The number of rotatable bonds is 5. The van der Waals surface area contributed by atoms with Gasteiger partial charge in [0, 0.05) is 28.5 Å². The van der Waals surface area contributed by atoms with Gasteiger partial charge in [-0.1, -0.05) is 61.3 Å². The van der Waals surface area contributed by atoms with E-state index < -0.39 is 11.9 Å². The molecule has 2 heterocycles. The molecule has 0 aliphatic rings. The molecular weight excluding hydrogens is 448 g/mol. The van der Waals surface area contributed by atoms with E-state index in [-0.39, 0.29) is 5.02 Å². The van der Waals surface area contributed by atoms with Gasteiger partial charge in [0.2, 0.25) is 0 Å². The summed E-state index contributed by atoms with van der Waals surface area (Å²) in [5.74, 6) is -0.548. The van der Waals surface area contributed by atoms with Crippen LogP contribution in [0, 0.1) is 17.1 Å². The zero-order valence-corrected chi connectivity index (χ0v) is 19.5. The van der Waals surface area contributed by atoms with Crippen LogP contribution in [0.1, 0.15) is 38.0 Å². The summed E-state index contributed by atoms with van der Waals surface area (Å²) >= 11 is 12.3. The molecule has 0 amide bonds. The van der Waals surface area contributed by atoms with Crippen LogP contribution in [0.5, 0.6) is 0 Å². The van der Waals surface area contributed by atoms with Crippen molar-refractivity contribution in [3.8, 4) is 17.2 Å². The van der Waals surface area contributed by atoms with Crippen molar-refractivity contribution in [2.75, 3.05) is 0 Å². The molecule has 0 saturated carbocycles. The second kappa shape index (κ2) is 10.5. The first-order valence-electron chi connectivity index (χ1n) is 10.2. The second-order valence-electron chi connectivity index (χ2n) is 6.81. The first-order valence-corrected chi connectivity index (χ1v) is 11.0. The number of pyridine rings is 1. The molecule has 7 heteroatoms. The molecule has 0 aliphatic heterocycles. The fourth-order valence-corrected chi connectivity index (χ4v) is 3.96. The van der Waals surface area contributed by atoms with Crippen LogP contribution < -0.4 is 4.84 Å². The van der Waals surface area contributed by atoms with Crippen molar-refractivity contribution in [3.63, 3.8) is 0 Å². The predicted octanol–water partition coefficient (Wildman–Crippen LogP) is 7.43. The lowest BCUT2D eigenvalue weighted by atomic mass is 10.0. The molecule has 4 nitrogen and oxygen atoms in total. The fourth-order valence-electron chi connectivity index (χ4n) is 3.28. The van der Waals surface area contributed by atoms with Crippen molar-refractivity contribution in [2.45, 2.75) is 33.3 Å². The quantitative estimate of drug-likeness (QED) is 0.285. The van der Waals surface area contributed by atoms with Crippen LogP contribution in [-0.2, 0) is 6.42 Å². The van der Waals surface area contributed by atoms with Crippen molar-refractivity contribution in [1.29, 1.82) is 5.26 Å². The summed E-state index contributed by atoms with van der Waals surface area (Å²) in [5, 5.41) is 9.10. The van der Waals surface area contributed by atoms with E-state index in [2.05, 4.69) is 11.1 Å². The largest absolute Gasteiger partial charge is 0.406 e. The maximum absolute atomic E-state index is 13.9. The van der Waals surface area contributed by atoms with Crippen molar-refractivity contribution in [2.24, 2.45) is 0 Å². The summed E-state index contributed by atoms with van der Waals surface area (Å²) in [6, 6.07) is 16.4. The summed E-state index contributed by atoms with van der Waals surface area (Å²) < 4.78 is 15.5. The normalized spacial score (nSPS) is 11.4. The number of aromatic nitrogens is 2. The first-order chi connectivity index (χ1) is 15.5. The van der Waals surface area contributed by atoms with E-state index in [1.54, 1.807) is 24.0 Å². The van der Waals surface area contributed by atoms with Crippen LogP contribution in [0.25, 0.3) is 22.2 Å². The molecule has 1 unspecified atom stereocenters. The molecule has 0 spiro atoms. The SMILES string of the molecule is CC.CC(On1ccc2ncc(-c3ccc(CC#N)cc3)cc21)c1c(Cl)ccc(F)c1Cl. The highest BCUT2D eigenvalue weighted by molar-refractivity contribution is 6.36. The topological polar surface area (TPSA) is 50.8 Å². The Morgan fingerprint density at radius 1 is 1.09 bits per heavy atom. The lowest BCUT2D eigenvalue weighted by Crippen LogP contribution is -2.16. The molecule has 32 heavy (non-hydrogen) atoms. The van der Waals surface area contributed by atoms with Crippen LogP contribution in [0.4, 0.5) is 4.39 Å². The van der Waals surface area contributed by atoms with Crippen LogP contribution in [0.15, 0.2) is 60.9 Å². The van der Waals surface area contributed by atoms with Crippen LogP contribution in [0.3, 0.4) is 0 Å². The first kappa shape index (κ1) is 23.6. The highest BCUT2D eigenvalue weighted by Gasteiger charge is 2.20. The minimum Gasteiger partial charge on any atom is -0.406 e. The number of nitriles is 1. The van der Waals surface area contributed by atoms with Gasteiger partial charge in [0.15, 0.2) is 6.10 Å². The van der Waals surface area contributed by atoms with E-state index in [9.17, 15) is 4.39 Å². The molecule has 0 bridgehead atoms. The van der Waals surface area contributed by atoms with Gasteiger partial charge in [-0.05, 0) is 42.3 Å². The smallest absolute Gasteiger partial charge is 0.150 e. The monoisotopic (exact) mass is 469 g/mol. The Morgan fingerprint density at radius 3 is 2.50 bits per heavy atom. The van der Waals surface area contributed by atoms with Gasteiger partial charge in [0.1, 0.15) is 11.3 Å². The Labute approximate surface area is 196 Å². The number of hydrogen-bond acceptors (Lipinski definition) is 3. The Balaban J connectivity index is 0.00000141. The third-order valence-electron chi connectivity index (χ3n) is 4.83. The molecule has 164 valence electrons. The summed E-state index contributed by atoms with van der Waals surface area (Å²) in [5.41, 5.74) is 4.73. The third-order valence-corrected chi connectivity index (χ3v) is 5.54. The average Bonchev–Trinajstić information content (AvgIpc) is 3.20. The predicted molar refractivity (Wildman–Crippen MR) is 127 cm³/mol. The van der Waals surface area contributed by atoms with Crippen LogP contribution in [0.2, 0.25) is 10.0 Å².